The molecule has 0 saturated heterocycles. The van der Waals surface area contributed by atoms with Crippen molar-refractivity contribution in [2.75, 3.05) is 9.38 Å². The van der Waals surface area contributed by atoms with Crippen molar-refractivity contribution >= 4 is 31.6 Å². The Labute approximate surface area is 120 Å². The van der Waals surface area contributed by atoms with Crippen molar-refractivity contribution in [2.45, 2.75) is 6.42 Å². The Morgan fingerprint density at radius 2 is 1.79 bits per heavy atom. The largest absolute Gasteiger partial charge is 0.283 e. The Morgan fingerprint density at radius 3 is 2.58 bits per heavy atom. The minimum atomic E-state index is -3.29. The van der Waals surface area contributed by atoms with Gasteiger partial charge in [-0.2, -0.15) is 0 Å². The molecule has 0 bridgehead atoms. The van der Waals surface area contributed by atoms with Crippen LogP contribution in [0, 0.1) is 0 Å². The smallest absolute Gasteiger partial charge is 0.242 e. The standard InChI is InChI=1S/C14H12BrNO2S/c15-9-19(17,18)16-12-5-6-14-11(8-12)7-10-3-1-2-4-13(10)14/h1-6,8,16H,7,9H2. The van der Waals surface area contributed by atoms with Crippen molar-refractivity contribution in [2.24, 2.45) is 0 Å². The van der Waals surface area contributed by atoms with Crippen LogP contribution in [0.5, 0.6) is 0 Å². The topological polar surface area (TPSA) is 46.2 Å². The number of hydrogen-bond donors (Lipinski definition) is 1. The van der Waals surface area contributed by atoms with E-state index in [1.807, 2.05) is 24.3 Å². The third kappa shape index (κ3) is 2.40. The number of fused-ring (bicyclic) bond motifs is 3. The summed E-state index contributed by atoms with van der Waals surface area (Å²) in [4.78, 5) is 0. The highest BCUT2D eigenvalue weighted by Crippen LogP contribution is 2.37. The SMILES string of the molecule is O=S(=O)(CBr)Nc1ccc2c(c1)Cc1ccccc1-2. The van der Waals surface area contributed by atoms with E-state index in [4.69, 9.17) is 0 Å². The Kier molecular flexibility index (Phi) is 3.11. The summed E-state index contributed by atoms with van der Waals surface area (Å²) >= 11 is 2.96. The fraction of sp³-hybridized carbons (Fsp3) is 0.143. The lowest BCUT2D eigenvalue weighted by Gasteiger charge is -2.07. The van der Waals surface area contributed by atoms with Crippen molar-refractivity contribution in [3.63, 3.8) is 0 Å². The molecule has 3 rings (SSSR count). The number of rotatable bonds is 3. The van der Waals surface area contributed by atoms with Gasteiger partial charge in [-0.15, -0.1) is 0 Å². The molecule has 0 fully saturated rings. The van der Waals surface area contributed by atoms with Gasteiger partial charge in [-0.25, -0.2) is 8.42 Å². The van der Waals surface area contributed by atoms with E-state index in [-0.39, 0.29) is 4.66 Å². The fourth-order valence-corrected chi connectivity index (χ4v) is 3.30. The second-order valence-corrected chi connectivity index (χ2v) is 7.56. The number of benzene rings is 2. The molecule has 0 aromatic heterocycles. The van der Waals surface area contributed by atoms with E-state index in [1.165, 1.54) is 16.7 Å². The van der Waals surface area contributed by atoms with Gasteiger partial charge in [0.15, 0.2) is 0 Å². The van der Waals surface area contributed by atoms with Gasteiger partial charge in [0.05, 0.1) is 0 Å². The predicted molar refractivity (Wildman–Crippen MR) is 81.0 cm³/mol. The highest BCUT2D eigenvalue weighted by molar-refractivity contribution is 9.10. The summed E-state index contributed by atoms with van der Waals surface area (Å²) in [6.45, 7) is 0. The van der Waals surface area contributed by atoms with Gasteiger partial charge >= 0.3 is 0 Å². The summed E-state index contributed by atoms with van der Waals surface area (Å²) in [6, 6.07) is 14.0. The second-order valence-electron chi connectivity index (χ2n) is 4.53. The van der Waals surface area contributed by atoms with Gasteiger partial charge in [0.25, 0.3) is 0 Å². The van der Waals surface area contributed by atoms with E-state index in [9.17, 15) is 8.42 Å². The molecule has 3 nitrogen and oxygen atoms in total. The zero-order chi connectivity index (χ0) is 13.5. The first kappa shape index (κ1) is 12.7. The van der Waals surface area contributed by atoms with Crippen molar-refractivity contribution in [1.29, 1.82) is 0 Å². The molecule has 1 aliphatic carbocycles. The van der Waals surface area contributed by atoms with Gasteiger partial charge < -0.3 is 0 Å². The molecule has 0 heterocycles. The van der Waals surface area contributed by atoms with Gasteiger partial charge in [-0.05, 0) is 40.8 Å². The summed E-state index contributed by atoms with van der Waals surface area (Å²) in [7, 11) is -3.29. The van der Waals surface area contributed by atoms with Crippen LogP contribution in [0.3, 0.4) is 0 Å². The van der Waals surface area contributed by atoms with E-state index in [2.05, 4.69) is 32.8 Å². The highest BCUT2D eigenvalue weighted by atomic mass is 79.9. The van der Waals surface area contributed by atoms with Crippen LogP contribution in [0.1, 0.15) is 11.1 Å². The lowest BCUT2D eigenvalue weighted by atomic mass is 10.1. The summed E-state index contributed by atoms with van der Waals surface area (Å²) in [6.07, 6.45) is 0.857. The first-order valence-electron chi connectivity index (χ1n) is 5.87. The van der Waals surface area contributed by atoms with Crippen LogP contribution in [-0.2, 0) is 16.4 Å². The van der Waals surface area contributed by atoms with E-state index < -0.39 is 10.0 Å². The normalized spacial score (nSPS) is 12.9. The number of hydrogen-bond acceptors (Lipinski definition) is 2. The molecule has 19 heavy (non-hydrogen) atoms. The molecule has 0 saturated carbocycles. The van der Waals surface area contributed by atoms with Crippen molar-refractivity contribution in [1.82, 2.24) is 0 Å². The van der Waals surface area contributed by atoms with Crippen molar-refractivity contribution < 1.29 is 8.42 Å². The average Bonchev–Trinajstić information content (AvgIpc) is 2.75. The van der Waals surface area contributed by atoms with Crippen LogP contribution < -0.4 is 4.72 Å². The minimum Gasteiger partial charge on any atom is -0.283 e. The lowest BCUT2D eigenvalue weighted by Crippen LogP contribution is -2.13. The Balaban J connectivity index is 1.98. The molecule has 98 valence electrons. The maximum Gasteiger partial charge on any atom is 0.242 e. The Bertz CT molecular complexity index is 741. The zero-order valence-corrected chi connectivity index (χ0v) is 12.5. The van der Waals surface area contributed by atoms with Crippen molar-refractivity contribution in [3.8, 4) is 11.1 Å². The highest BCUT2D eigenvalue weighted by Gasteiger charge is 2.18. The number of nitrogens with one attached hydrogen (secondary N) is 1. The van der Waals surface area contributed by atoms with E-state index in [0.717, 1.165) is 12.0 Å². The molecule has 1 N–H and O–H groups in total. The van der Waals surface area contributed by atoms with E-state index in [0.29, 0.717) is 5.69 Å². The number of halogens is 1. The van der Waals surface area contributed by atoms with Crippen LogP contribution in [0.15, 0.2) is 42.5 Å². The molecule has 5 heteroatoms. The monoisotopic (exact) mass is 337 g/mol. The molecular formula is C14H12BrNO2S. The van der Waals surface area contributed by atoms with Crippen LogP contribution in [0.2, 0.25) is 0 Å². The summed E-state index contributed by atoms with van der Waals surface area (Å²) < 4.78 is 25.5. The molecule has 0 aliphatic heterocycles. The molecule has 2 aromatic carbocycles. The fourth-order valence-electron chi connectivity index (χ4n) is 2.42. The number of sulfonamides is 1. The molecule has 2 aromatic rings. The Morgan fingerprint density at radius 1 is 1.05 bits per heavy atom. The van der Waals surface area contributed by atoms with Gasteiger partial charge in [0.1, 0.15) is 4.66 Å². The van der Waals surface area contributed by atoms with E-state index in [1.54, 1.807) is 6.07 Å². The van der Waals surface area contributed by atoms with Gasteiger partial charge in [0.2, 0.25) is 10.0 Å². The summed E-state index contributed by atoms with van der Waals surface area (Å²) in [5, 5.41) is 0. The van der Waals surface area contributed by atoms with Crippen LogP contribution >= 0.6 is 15.9 Å². The summed E-state index contributed by atoms with van der Waals surface area (Å²) in [5.74, 6) is 0. The van der Waals surface area contributed by atoms with Gasteiger partial charge in [0, 0.05) is 5.69 Å². The van der Waals surface area contributed by atoms with Crippen LogP contribution in [-0.4, -0.2) is 13.1 Å². The number of anilines is 1. The average molecular weight is 338 g/mol. The van der Waals surface area contributed by atoms with Gasteiger partial charge in [-0.1, -0.05) is 46.3 Å². The van der Waals surface area contributed by atoms with E-state index >= 15 is 0 Å². The second kappa shape index (κ2) is 4.65. The zero-order valence-electron chi connectivity index (χ0n) is 10.1. The molecule has 0 amide bonds. The minimum absolute atomic E-state index is 0.0999. The van der Waals surface area contributed by atoms with Crippen LogP contribution in [0.25, 0.3) is 11.1 Å². The maximum absolute atomic E-state index is 11.5. The first-order chi connectivity index (χ1) is 9.09. The lowest BCUT2D eigenvalue weighted by molar-refractivity contribution is 0.606. The molecule has 1 aliphatic rings. The molecule has 0 unspecified atom stereocenters. The Hall–Kier alpha value is -1.33. The number of alkyl halides is 1. The molecular weight excluding hydrogens is 326 g/mol. The third-order valence-corrected chi connectivity index (χ3v) is 5.85. The predicted octanol–water partition coefficient (Wildman–Crippen LogP) is 3.35. The molecule has 0 atom stereocenters. The summed E-state index contributed by atoms with van der Waals surface area (Å²) in [5.41, 5.74) is 5.50. The first-order valence-corrected chi connectivity index (χ1v) is 8.64. The van der Waals surface area contributed by atoms with Crippen LogP contribution in [0.4, 0.5) is 5.69 Å². The van der Waals surface area contributed by atoms with Gasteiger partial charge in [-0.3, -0.25) is 4.72 Å². The van der Waals surface area contributed by atoms with Crippen molar-refractivity contribution in [3.05, 3.63) is 53.6 Å². The quantitative estimate of drug-likeness (QED) is 0.745. The third-order valence-electron chi connectivity index (χ3n) is 3.21. The maximum atomic E-state index is 11.5. The molecule has 0 spiro atoms. The molecule has 0 radical (unpaired) electrons.